The molecule has 2 aromatic rings. The Kier molecular flexibility index (Phi) is 3.62. The maximum Gasteiger partial charge on any atom is 0.129 e. The van der Waals surface area contributed by atoms with Crippen molar-refractivity contribution < 1.29 is 0 Å². The fourth-order valence-corrected chi connectivity index (χ4v) is 3.32. The number of hydrogen-bond donors (Lipinski definition) is 1. The first-order valence-corrected chi connectivity index (χ1v) is 7.56. The third-order valence-corrected chi connectivity index (χ3v) is 4.37. The normalized spacial score (nSPS) is 19.2. The second kappa shape index (κ2) is 5.41. The number of nitrogens with zero attached hydrogens (tertiary/aromatic N) is 2. The summed E-state index contributed by atoms with van der Waals surface area (Å²) in [6.45, 7) is 6.27. The van der Waals surface area contributed by atoms with Gasteiger partial charge >= 0.3 is 0 Å². The van der Waals surface area contributed by atoms with Crippen LogP contribution < -0.4 is 10.6 Å². The van der Waals surface area contributed by atoms with Crippen LogP contribution in [0, 0.1) is 5.92 Å². The molecule has 1 saturated heterocycles. The molecule has 1 atom stereocenters. The monoisotopic (exact) mass is 269 g/mol. The van der Waals surface area contributed by atoms with Crippen LogP contribution in [-0.4, -0.2) is 17.6 Å². The molecule has 3 heteroatoms. The van der Waals surface area contributed by atoms with E-state index in [4.69, 9.17) is 10.7 Å². The molecule has 1 unspecified atom stereocenters. The Morgan fingerprint density at radius 2 is 2.15 bits per heavy atom. The minimum Gasteiger partial charge on any atom is -0.353 e. The Bertz CT molecular complexity index is 606. The van der Waals surface area contributed by atoms with Crippen LogP contribution in [0.15, 0.2) is 30.3 Å². The summed E-state index contributed by atoms with van der Waals surface area (Å²) < 4.78 is 0. The van der Waals surface area contributed by atoms with Crippen molar-refractivity contribution in [1.29, 1.82) is 0 Å². The molecule has 2 N–H and O–H groups in total. The maximum absolute atomic E-state index is 5.93. The molecule has 3 rings (SSSR count). The lowest BCUT2D eigenvalue weighted by Gasteiger charge is -2.29. The van der Waals surface area contributed by atoms with Gasteiger partial charge < -0.3 is 10.6 Å². The van der Waals surface area contributed by atoms with Gasteiger partial charge in [0.2, 0.25) is 0 Å². The molecule has 1 fully saturated rings. The molecule has 1 aromatic carbocycles. The van der Waals surface area contributed by atoms with E-state index in [1.165, 1.54) is 23.8 Å². The number of para-hydroxylation sites is 1. The van der Waals surface area contributed by atoms with Crippen LogP contribution in [0.1, 0.15) is 32.3 Å². The Morgan fingerprint density at radius 1 is 1.35 bits per heavy atom. The molecule has 0 aliphatic carbocycles. The SMILES string of the molecule is CC(C)C1CCCN1c1cc(CN)c2ccccc2n1. The predicted octanol–water partition coefficient (Wildman–Crippen LogP) is 3.32. The Hall–Kier alpha value is -1.61. The first-order chi connectivity index (χ1) is 9.70. The van der Waals surface area contributed by atoms with E-state index in [-0.39, 0.29) is 0 Å². The number of benzene rings is 1. The molecule has 3 nitrogen and oxygen atoms in total. The van der Waals surface area contributed by atoms with E-state index < -0.39 is 0 Å². The van der Waals surface area contributed by atoms with Crippen molar-refractivity contribution in [3.63, 3.8) is 0 Å². The van der Waals surface area contributed by atoms with Crippen LogP contribution in [-0.2, 0) is 6.54 Å². The van der Waals surface area contributed by atoms with Gasteiger partial charge in [0.1, 0.15) is 5.82 Å². The standard InChI is InChI=1S/C17H23N3/c1-12(2)16-8-5-9-20(16)17-10-13(11-18)14-6-3-4-7-15(14)19-17/h3-4,6-7,10,12,16H,5,8-9,11,18H2,1-2H3. The van der Waals surface area contributed by atoms with Gasteiger partial charge in [-0.2, -0.15) is 0 Å². The molecule has 2 heterocycles. The molecule has 0 radical (unpaired) electrons. The summed E-state index contributed by atoms with van der Waals surface area (Å²) in [7, 11) is 0. The molecule has 0 bridgehead atoms. The molecule has 0 saturated carbocycles. The van der Waals surface area contributed by atoms with Crippen molar-refractivity contribution in [2.24, 2.45) is 11.7 Å². The van der Waals surface area contributed by atoms with Crippen molar-refractivity contribution in [2.75, 3.05) is 11.4 Å². The van der Waals surface area contributed by atoms with E-state index >= 15 is 0 Å². The van der Waals surface area contributed by atoms with E-state index in [1.807, 2.05) is 6.07 Å². The van der Waals surface area contributed by atoms with Crippen LogP contribution in [0.5, 0.6) is 0 Å². The van der Waals surface area contributed by atoms with E-state index in [9.17, 15) is 0 Å². The molecule has 20 heavy (non-hydrogen) atoms. The summed E-state index contributed by atoms with van der Waals surface area (Å²) in [6, 6.07) is 11.1. The van der Waals surface area contributed by atoms with Crippen molar-refractivity contribution >= 4 is 16.7 Å². The van der Waals surface area contributed by atoms with Gasteiger partial charge in [-0.25, -0.2) is 4.98 Å². The first-order valence-electron chi connectivity index (χ1n) is 7.56. The van der Waals surface area contributed by atoms with Gasteiger partial charge in [0, 0.05) is 24.5 Å². The lowest BCUT2D eigenvalue weighted by molar-refractivity contribution is 0.490. The summed E-state index contributed by atoms with van der Waals surface area (Å²) in [5.41, 5.74) is 8.18. The second-order valence-corrected chi connectivity index (χ2v) is 6.01. The largest absolute Gasteiger partial charge is 0.353 e. The van der Waals surface area contributed by atoms with Crippen molar-refractivity contribution in [2.45, 2.75) is 39.3 Å². The third-order valence-electron chi connectivity index (χ3n) is 4.37. The van der Waals surface area contributed by atoms with E-state index in [0.29, 0.717) is 18.5 Å². The quantitative estimate of drug-likeness (QED) is 0.929. The first kappa shape index (κ1) is 13.4. The smallest absolute Gasteiger partial charge is 0.129 e. The van der Waals surface area contributed by atoms with Crippen LogP contribution in [0.3, 0.4) is 0 Å². The van der Waals surface area contributed by atoms with E-state index in [0.717, 1.165) is 17.9 Å². The fourth-order valence-electron chi connectivity index (χ4n) is 3.32. The number of rotatable bonds is 3. The zero-order valence-corrected chi connectivity index (χ0v) is 12.3. The van der Waals surface area contributed by atoms with Crippen molar-refractivity contribution in [3.05, 3.63) is 35.9 Å². The maximum atomic E-state index is 5.93. The van der Waals surface area contributed by atoms with Gasteiger partial charge in [0.25, 0.3) is 0 Å². The summed E-state index contributed by atoms with van der Waals surface area (Å²) in [6.07, 6.45) is 2.53. The molecule has 1 aliphatic heterocycles. The number of anilines is 1. The summed E-state index contributed by atoms with van der Waals surface area (Å²) >= 11 is 0. The van der Waals surface area contributed by atoms with Gasteiger partial charge in [0.15, 0.2) is 0 Å². The number of pyridine rings is 1. The highest BCUT2D eigenvalue weighted by Crippen LogP contribution is 2.31. The van der Waals surface area contributed by atoms with Gasteiger partial charge in [-0.1, -0.05) is 32.0 Å². The fraction of sp³-hybridized carbons (Fsp3) is 0.471. The summed E-state index contributed by atoms with van der Waals surface area (Å²) in [4.78, 5) is 7.34. The molecule has 106 valence electrons. The topological polar surface area (TPSA) is 42.1 Å². The Morgan fingerprint density at radius 3 is 2.90 bits per heavy atom. The lowest BCUT2D eigenvalue weighted by atomic mass is 10.0. The van der Waals surface area contributed by atoms with Crippen LogP contribution >= 0.6 is 0 Å². The van der Waals surface area contributed by atoms with Gasteiger partial charge in [0.05, 0.1) is 5.52 Å². The number of hydrogen-bond acceptors (Lipinski definition) is 3. The zero-order valence-electron chi connectivity index (χ0n) is 12.3. The highest BCUT2D eigenvalue weighted by atomic mass is 15.2. The van der Waals surface area contributed by atoms with Crippen molar-refractivity contribution in [1.82, 2.24) is 4.98 Å². The highest BCUT2D eigenvalue weighted by molar-refractivity contribution is 5.84. The third kappa shape index (κ3) is 2.27. The molecule has 1 aliphatic rings. The molecule has 0 amide bonds. The second-order valence-electron chi connectivity index (χ2n) is 6.01. The number of nitrogens with two attached hydrogens (primary N) is 1. The lowest BCUT2D eigenvalue weighted by Crippen LogP contribution is -2.34. The Labute approximate surface area is 120 Å². The molecular formula is C17H23N3. The molecule has 1 aromatic heterocycles. The van der Waals surface area contributed by atoms with E-state index in [1.54, 1.807) is 0 Å². The Balaban J connectivity index is 2.07. The van der Waals surface area contributed by atoms with Gasteiger partial charge in [-0.15, -0.1) is 0 Å². The van der Waals surface area contributed by atoms with Crippen molar-refractivity contribution in [3.8, 4) is 0 Å². The average molecular weight is 269 g/mol. The minimum absolute atomic E-state index is 0.566. The molecular weight excluding hydrogens is 246 g/mol. The van der Waals surface area contributed by atoms with Crippen LogP contribution in [0.4, 0.5) is 5.82 Å². The van der Waals surface area contributed by atoms with Gasteiger partial charge in [-0.05, 0) is 36.5 Å². The minimum atomic E-state index is 0.566. The highest BCUT2D eigenvalue weighted by Gasteiger charge is 2.28. The average Bonchev–Trinajstić information content (AvgIpc) is 2.95. The predicted molar refractivity (Wildman–Crippen MR) is 84.8 cm³/mol. The van der Waals surface area contributed by atoms with Crippen LogP contribution in [0.2, 0.25) is 0 Å². The summed E-state index contributed by atoms with van der Waals surface area (Å²) in [5, 5.41) is 1.18. The van der Waals surface area contributed by atoms with Crippen LogP contribution in [0.25, 0.3) is 10.9 Å². The zero-order chi connectivity index (χ0) is 14.1. The molecule has 0 spiro atoms. The summed E-state index contributed by atoms with van der Waals surface area (Å²) in [5.74, 6) is 1.76. The van der Waals surface area contributed by atoms with E-state index in [2.05, 4.69) is 43.0 Å². The number of aromatic nitrogens is 1. The van der Waals surface area contributed by atoms with Gasteiger partial charge in [-0.3, -0.25) is 0 Å². The number of fused-ring (bicyclic) bond motifs is 1.